The van der Waals surface area contributed by atoms with Crippen molar-refractivity contribution in [2.45, 2.75) is 39.7 Å². The fraction of sp³-hybridized carbons (Fsp3) is 0.467. The number of nitrogens with one attached hydrogen (secondary N) is 1. The number of carbonyl (C=O) groups is 2. The van der Waals surface area contributed by atoms with Crippen LogP contribution in [-0.2, 0) is 11.2 Å². The van der Waals surface area contributed by atoms with Crippen molar-refractivity contribution < 1.29 is 14.7 Å². The molecule has 104 valence electrons. The van der Waals surface area contributed by atoms with Crippen LogP contribution in [-0.4, -0.2) is 23.0 Å². The maximum atomic E-state index is 12.0. The van der Waals surface area contributed by atoms with Crippen LogP contribution < -0.4 is 5.32 Å². The first kappa shape index (κ1) is 15.2. The van der Waals surface area contributed by atoms with Crippen molar-refractivity contribution in [2.24, 2.45) is 5.92 Å². The monoisotopic (exact) mass is 263 g/mol. The van der Waals surface area contributed by atoms with Gasteiger partial charge in [0.05, 0.1) is 6.42 Å². The van der Waals surface area contributed by atoms with Gasteiger partial charge < -0.3 is 10.4 Å². The maximum Gasteiger partial charge on any atom is 0.305 e. The number of hydrogen-bond acceptors (Lipinski definition) is 2. The van der Waals surface area contributed by atoms with Crippen molar-refractivity contribution in [3.8, 4) is 0 Å². The zero-order valence-corrected chi connectivity index (χ0v) is 11.6. The lowest BCUT2D eigenvalue weighted by molar-refractivity contribution is -0.137. The minimum absolute atomic E-state index is 0.0591. The van der Waals surface area contributed by atoms with E-state index in [0.29, 0.717) is 5.56 Å². The summed E-state index contributed by atoms with van der Waals surface area (Å²) in [4.78, 5) is 22.8. The fourth-order valence-electron chi connectivity index (χ4n) is 1.79. The Morgan fingerprint density at radius 3 is 2.21 bits per heavy atom. The maximum absolute atomic E-state index is 12.0. The number of rotatable bonds is 6. The van der Waals surface area contributed by atoms with Gasteiger partial charge in [0.15, 0.2) is 0 Å². The van der Waals surface area contributed by atoms with E-state index in [1.165, 1.54) is 5.56 Å². The van der Waals surface area contributed by atoms with Crippen LogP contribution in [0.15, 0.2) is 24.3 Å². The Balaban J connectivity index is 2.72. The molecule has 1 unspecified atom stereocenters. The molecule has 0 fully saturated rings. The Bertz CT molecular complexity index is 437. The Labute approximate surface area is 113 Å². The van der Waals surface area contributed by atoms with Crippen molar-refractivity contribution in [2.75, 3.05) is 0 Å². The standard InChI is InChI=1S/C15H21NO3/c1-4-11-5-7-12(8-6-11)15(19)16-13(10(2)3)9-14(17)18/h5-8,10,13H,4,9H2,1-3H3,(H,16,19)(H,17,18). The SMILES string of the molecule is CCc1ccc(C(=O)NC(CC(=O)O)C(C)C)cc1. The lowest BCUT2D eigenvalue weighted by Gasteiger charge is -2.20. The zero-order valence-electron chi connectivity index (χ0n) is 11.6. The third kappa shape index (κ3) is 4.73. The highest BCUT2D eigenvalue weighted by Crippen LogP contribution is 2.09. The molecule has 1 aromatic carbocycles. The van der Waals surface area contributed by atoms with Crippen LogP contribution in [0.4, 0.5) is 0 Å². The van der Waals surface area contributed by atoms with E-state index in [0.717, 1.165) is 6.42 Å². The lowest BCUT2D eigenvalue weighted by Crippen LogP contribution is -2.40. The molecule has 0 saturated carbocycles. The molecule has 0 radical (unpaired) electrons. The number of aliphatic carboxylic acids is 1. The summed E-state index contributed by atoms with van der Waals surface area (Å²) in [7, 11) is 0. The van der Waals surface area contributed by atoms with Crippen molar-refractivity contribution in [3.63, 3.8) is 0 Å². The molecule has 4 heteroatoms. The normalized spacial score (nSPS) is 12.2. The molecule has 4 nitrogen and oxygen atoms in total. The molecule has 0 aromatic heterocycles. The third-order valence-corrected chi connectivity index (χ3v) is 3.14. The van der Waals surface area contributed by atoms with Crippen molar-refractivity contribution in [1.29, 1.82) is 0 Å². The summed E-state index contributed by atoms with van der Waals surface area (Å²) < 4.78 is 0. The molecule has 0 heterocycles. The highest BCUT2D eigenvalue weighted by molar-refractivity contribution is 5.94. The number of carboxylic acid groups (broad SMARTS) is 1. The summed E-state index contributed by atoms with van der Waals surface area (Å²) in [6.45, 7) is 5.85. The summed E-state index contributed by atoms with van der Waals surface area (Å²) in [5.41, 5.74) is 1.73. The van der Waals surface area contributed by atoms with Gasteiger partial charge in [0.25, 0.3) is 5.91 Å². The van der Waals surface area contributed by atoms with Gasteiger partial charge in [0.1, 0.15) is 0 Å². The summed E-state index contributed by atoms with van der Waals surface area (Å²) in [5.74, 6) is -1.04. The molecule has 0 aliphatic heterocycles. The van der Waals surface area contributed by atoms with Crippen molar-refractivity contribution >= 4 is 11.9 Å². The van der Waals surface area contributed by atoms with Crippen LogP contribution in [0.25, 0.3) is 0 Å². The number of hydrogen-bond donors (Lipinski definition) is 2. The van der Waals surface area contributed by atoms with Crippen LogP contribution in [0.5, 0.6) is 0 Å². The van der Waals surface area contributed by atoms with E-state index in [-0.39, 0.29) is 24.3 Å². The lowest BCUT2D eigenvalue weighted by atomic mass is 10.0. The number of carboxylic acids is 1. The molecule has 0 bridgehead atoms. The molecule has 0 saturated heterocycles. The quantitative estimate of drug-likeness (QED) is 0.828. The largest absolute Gasteiger partial charge is 0.481 e. The average molecular weight is 263 g/mol. The Morgan fingerprint density at radius 2 is 1.79 bits per heavy atom. The van der Waals surface area contributed by atoms with Crippen molar-refractivity contribution in [3.05, 3.63) is 35.4 Å². The van der Waals surface area contributed by atoms with Gasteiger partial charge in [0.2, 0.25) is 0 Å². The van der Waals surface area contributed by atoms with E-state index in [4.69, 9.17) is 5.11 Å². The fourth-order valence-corrected chi connectivity index (χ4v) is 1.79. The Morgan fingerprint density at radius 1 is 1.21 bits per heavy atom. The smallest absolute Gasteiger partial charge is 0.305 e. The molecule has 1 atom stereocenters. The first-order valence-electron chi connectivity index (χ1n) is 6.55. The van der Waals surface area contributed by atoms with Gasteiger partial charge in [-0.15, -0.1) is 0 Å². The zero-order chi connectivity index (χ0) is 14.4. The van der Waals surface area contributed by atoms with Crippen LogP contribution in [0.3, 0.4) is 0 Å². The highest BCUT2D eigenvalue weighted by Gasteiger charge is 2.19. The van der Waals surface area contributed by atoms with Gasteiger partial charge in [-0.3, -0.25) is 9.59 Å². The van der Waals surface area contributed by atoms with Gasteiger partial charge >= 0.3 is 5.97 Å². The van der Waals surface area contributed by atoms with Gasteiger partial charge in [-0.2, -0.15) is 0 Å². The van der Waals surface area contributed by atoms with Crippen LogP contribution in [0, 0.1) is 5.92 Å². The molecular weight excluding hydrogens is 242 g/mol. The molecule has 1 aromatic rings. The molecule has 0 aliphatic rings. The highest BCUT2D eigenvalue weighted by atomic mass is 16.4. The van der Waals surface area contributed by atoms with E-state index < -0.39 is 5.97 Å². The van der Waals surface area contributed by atoms with E-state index in [1.54, 1.807) is 12.1 Å². The number of amides is 1. The van der Waals surface area contributed by atoms with Crippen LogP contribution in [0.2, 0.25) is 0 Å². The number of carbonyl (C=O) groups excluding carboxylic acids is 1. The average Bonchev–Trinajstić information content (AvgIpc) is 2.37. The molecule has 1 rings (SSSR count). The first-order valence-corrected chi connectivity index (χ1v) is 6.55. The van der Waals surface area contributed by atoms with Gasteiger partial charge in [-0.1, -0.05) is 32.9 Å². The minimum Gasteiger partial charge on any atom is -0.481 e. The van der Waals surface area contributed by atoms with Gasteiger partial charge in [-0.05, 0) is 30.0 Å². The molecule has 0 spiro atoms. The summed E-state index contributed by atoms with van der Waals surface area (Å²) in [6.07, 6.45) is 0.867. The predicted molar refractivity (Wildman–Crippen MR) is 74.2 cm³/mol. The molecular formula is C15H21NO3. The molecule has 1 amide bonds. The van der Waals surface area contributed by atoms with Crippen LogP contribution >= 0.6 is 0 Å². The van der Waals surface area contributed by atoms with Gasteiger partial charge in [-0.25, -0.2) is 0 Å². The van der Waals surface area contributed by atoms with E-state index >= 15 is 0 Å². The van der Waals surface area contributed by atoms with Crippen molar-refractivity contribution in [1.82, 2.24) is 5.32 Å². The first-order chi connectivity index (χ1) is 8.93. The van der Waals surface area contributed by atoms with Gasteiger partial charge in [0, 0.05) is 11.6 Å². The predicted octanol–water partition coefficient (Wildman–Crippen LogP) is 2.48. The summed E-state index contributed by atoms with van der Waals surface area (Å²) in [6, 6.07) is 7.02. The topological polar surface area (TPSA) is 66.4 Å². The van der Waals surface area contributed by atoms with E-state index in [9.17, 15) is 9.59 Å². The summed E-state index contributed by atoms with van der Waals surface area (Å²) in [5, 5.41) is 11.6. The van der Waals surface area contributed by atoms with E-state index in [2.05, 4.69) is 12.2 Å². The Kier molecular flexibility index (Phi) is 5.55. The van der Waals surface area contributed by atoms with Crippen LogP contribution in [0.1, 0.15) is 43.1 Å². The second-order valence-electron chi connectivity index (χ2n) is 4.97. The second-order valence-corrected chi connectivity index (χ2v) is 4.97. The molecule has 19 heavy (non-hydrogen) atoms. The van der Waals surface area contributed by atoms with E-state index in [1.807, 2.05) is 26.0 Å². The molecule has 2 N–H and O–H groups in total. The molecule has 0 aliphatic carbocycles. The minimum atomic E-state index is -0.902. The Hall–Kier alpha value is -1.84. The number of aryl methyl sites for hydroxylation is 1. The number of benzene rings is 1. The second kappa shape index (κ2) is 6.92. The summed E-state index contributed by atoms with van der Waals surface area (Å²) >= 11 is 0. The third-order valence-electron chi connectivity index (χ3n) is 3.14.